The molecule has 0 saturated carbocycles. The van der Waals surface area contributed by atoms with E-state index in [-0.39, 0.29) is 12.1 Å². The number of hydrogen-bond donors (Lipinski definition) is 3. The van der Waals surface area contributed by atoms with Crippen molar-refractivity contribution in [2.45, 2.75) is 65.3 Å². The highest BCUT2D eigenvalue weighted by Crippen LogP contribution is 2.27. The zero-order valence-corrected chi connectivity index (χ0v) is 22.8. The summed E-state index contributed by atoms with van der Waals surface area (Å²) >= 11 is 6.35. The van der Waals surface area contributed by atoms with E-state index in [4.69, 9.17) is 11.6 Å². The van der Waals surface area contributed by atoms with Gasteiger partial charge in [-0.15, -0.1) is 0 Å². The van der Waals surface area contributed by atoms with E-state index in [9.17, 15) is 9.90 Å². The lowest BCUT2D eigenvalue weighted by Crippen LogP contribution is -2.55. The average Bonchev–Trinajstić information content (AvgIpc) is 3.30. The first-order valence-corrected chi connectivity index (χ1v) is 13.5. The van der Waals surface area contributed by atoms with Crippen molar-refractivity contribution in [3.8, 4) is 0 Å². The van der Waals surface area contributed by atoms with E-state index >= 15 is 0 Å². The van der Waals surface area contributed by atoms with Gasteiger partial charge in [0.25, 0.3) is 0 Å². The van der Waals surface area contributed by atoms with Crippen molar-refractivity contribution in [2.24, 2.45) is 0 Å². The fraction of sp³-hybridized carbons (Fsp3) is 0.448. The quantitative estimate of drug-likeness (QED) is 0.442. The van der Waals surface area contributed by atoms with Gasteiger partial charge in [0.1, 0.15) is 0 Å². The van der Waals surface area contributed by atoms with Crippen LogP contribution in [0.4, 0.5) is 4.79 Å². The number of aliphatic hydroxyl groups excluding tert-OH is 1. The summed E-state index contributed by atoms with van der Waals surface area (Å²) in [6.07, 6.45) is 10.1. The Kier molecular flexibility index (Phi) is 9.24. The van der Waals surface area contributed by atoms with Crippen LogP contribution in [0.3, 0.4) is 0 Å². The number of hydrogen-bond acceptors (Lipinski definition) is 4. The van der Waals surface area contributed by atoms with Crippen LogP contribution >= 0.6 is 11.6 Å². The van der Waals surface area contributed by atoms with E-state index < -0.39 is 6.10 Å². The van der Waals surface area contributed by atoms with E-state index in [1.54, 1.807) is 0 Å². The SMILES string of the molecule is CC=C/C(=C\C=C(C)CC)c1n[nH]c2c1CN(C(=O)NC1CC(O)CN(Cc3ccccc3Cl)C1)CC2. The maximum absolute atomic E-state index is 13.3. The Labute approximate surface area is 224 Å². The van der Waals surface area contributed by atoms with Crippen molar-refractivity contribution in [1.82, 2.24) is 25.3 Å². The van der Waals surface area contributed by atoms with E-state index in [0.29, 0.717) is 39.1 Å². The summed E-state index contributed by atoms with van der Waals surface area (Å²) in [5, 5.41) is 22.2. The van der Waals surface area contributed by atoms with Gasteiger partial charge < -0.3 is 15.3 Å². The highest BCUT2D eigenvalue weighted by atomic mass is 35.5. The van der Waals surface area contributed by atoms with Gasteiger partial charge in [-0.2, -0.15) is 5.10 Å². The predicted octanol–water partition coefficient (Wildman–Crippen LogP) is 5.08. The summed E-state index contributed by atoms with van der Waals surface area (Å²) in [7, 11) is 0. The molecule has 3 N–H and O–H groups in total. The Morgan fingerprint density at radius 3 is 2.86 bits per heavy atom. The molecular weight excluding hydrogens is 486 g/mol. The summed E-state index contributed by atoms with van der Waals surface area (Å²) in [4.78, 5) is 17.3. The van der Waals surface area contributed by atoms with Crippen LogP contribution < -0.4 is 5.32 Å². The molecule has 2 aromatic rings. The molecule has 2 aliphatic heterocycles. The lowest BCUT2D eigenvalue weighted by Gasteiger charge is -2.37. The molecule has 1 fully saturated rings. The van der Waals surface area contributed by atoms with Gasteiger partial charge in [-0.3, -0.25) is 10.00 Å². The fourth-order valence-electron chi connectivity index (χ4n) is 4.98. The monoisotopic (exact) mass is 523 g/mol. The molecule has 2 unspecified atom stereocenters. The molecule has 0 aliphatic carbocycles. The van der Waals surface area contributed by atoms with Gasteiger partial charge in [-0.25, -0.2) is 4.79 Å². The van der Waals surface area contributed by atoms with Gasteiger partial charge in [0.2, 0.25) is 0 Å². The molecule has 2 atom stereocenters. The van der Waals surface area contributed by atoms with E-state index in [0.717, 1.165) is 46.0 Å². The Bertz CT molecular complexity index is 1180. The first kappa shape index (κ1) is 27.2. The van der Waals surface area contributed by atoms with E-state index in [1.807, 2.05) is 42.2 Å². The van der Waals surface area contributed by atoms with Crippen LogP contribution in [0.15, 0.2) is 54.1 Å². The van der Waals surface area contributed by atoms with Gasteiger partial charge in [-0.05, 0) is 38.3 Å². The maximum Gasteiger partial charge on any atom is 0.317 e. The number of halogens is 1. The van der Waals surface area contributed by atoms with Crippen LogP contribution in [0.5, 0.6) is 0 Å². The first-order chi connectivity index (χ1) is 17.9. The smallest absolute Gasteiger partial charge is 0.317 e. The highest BCUT2D eigenvalue weighted by Gasteiger charge is 2.31. The maximum atomic E-state index is 13.3. The third kappa shape index (κ3) is 6.92. The lowest BCUT2D eigenvalue weighted by molar-refractivity contribution is 0.0487. The third-order valence-electron chi connectivity index (χ3n) is 7.13. The standard InChI is InChI=1S/C29H38ClN5O2/c1-4-8-21(12-11-20(3)5-2)28-25-19-35(14-13-27(25)32-33-28)29(37)31-23-15-24(36)18-34(17-23)16-22-9-6-7-10-26(22)30/h4,6-12,23-24,36H,5,13-19H2,1-3H3,(H,31,37)(H,32,33)/b8-4?,20-11?,21-12+. The van der Waals surface area contributed by atoms with Crippen molar-refractivity contribution in [1.29, 1.82) is 0 Å². The van der Waals surface area contributed by atoms with Crippen LogP contribution in [0.1, 0.15) is 56.1 Å². The molecule has 37 heavy (non-hydrogen) atoms. The number of carbonyl (C=O) groups excluding carboxylic acids is 1. The van der Waals surface area contributed by atoms with Gasteiger partial charge in [0, 0.05) is 60.5 Å². The number of aliphatic hydroxyl groups is 1. The van der Waals surface area contributed by atoms with Crippen LogP contribution in [0, 0.1) is 0 Å². The molecule has 1 aromatic carbocycles. The minimum atomic E-state index is -0.497. The van der Waals surface area contributed by atoms with Gasteiger partial charge >= 0.3 is 6.03 Å². The number of nitrogens with one attached hydrogen (secondary N) is 2. The number of nitrogens with zero attached hydrogens (tertiary/aromatic N) is 3. The normalized spacial score (nSPS) is 21.4. The summed E-state index contributed by atoms with van der Waals surface area (Å²) in [5.74, 6) is 0. The summed E-state index contributed by atoms with van der Waals surface area (Å²) in [6, 6.07) is 7.52. The second-order valence-corrected chi connectivity index (χ2v) is 10.4. The second-order valence-electron chi connectivity index (χ2n) is 10.0. The number of aromatic amines is 1. The van der Waals surface area contributed by atoms with Gasteiger partial charge in [-0.1, -0.05) is 66.6 Å². The van der Waals surface area contributed by atoms with Gasteiger partial charge in [0.15, 0.2) is 0 Å². The molecule has 3 heterocycles. The van der Waals surface area contributed by atoms with Crippen molar-refractivity contribution >= 4 is 23.2 Å². The molecule has 1 aromatic heterocycles. The highest BCUT2D eigenvalue weighted by molar-refractivity contribution is 6.31. The number of benzene rings is 1. The van der Waals surface area contributed by atoms with Crippen LogP contribution in [0.25, 0.3) is 5.57 Å². The number of rotatable bonds is 7. The summed E-state index contributed by atoms with van der Waals surface area (Å²) in [6.45, 7) is 9.25. The van der Waals surface area contributed by atoms with E-state index in [1.165, 1.54) is 5.57 Å². The Hall–Kier alpha value is -2.87. The zero-order valence-electron chi connectivity index (χ0n) is 22.0. The van der Waals surface area contributed by atoms with Crippen molar-refractivity contribution in [2.75, 3.05) is 19.6 Å². The van der Waals surface area contributed by atoms with Crippen molar-refractivity contribution in [3.05, 3.63) is 81.7 Å². The van der Waals surface area contributed by atoms with Crippen molar-refractivity contribution < 1.29 is 9.90 Å². The fourth-order valence-corrected chi connectivity index (χ4v) is 5.17. The minimum absolute atomic E-state index is 0.104. The third-order valence-corrected chi connectivity index (χ3v) is 7.50. The number of likely N-dealkylation sites (tertiary alicyclic amines) is 1. The Morgan fingerprint density at radius 1 is 1.30 bits per heavy atom. The number of piperidine rings is 1. The lowest BCUT2D eigenvalue weighted by atomic mass is 10.00. The number of aromatic nitrogens is 2. The second kappa shape index (κ2) is 12.6. The molecule has 2 aliphatic rings. The zero-order chi connectivity index (χ0) is 26.4. The molecule has 8 heteroatoms. The largest absolute Gasteiger partial charge is 0.392 e. The molecular formula is C29H38ClN5O2. The average molecular weight is 524 g/mol. The van der Waals surface area contributed by atoms with Gasteiger partial charge in [0.05, 0.1) is 18.3 Å². The number of amides is 2. The molecule has 0 bridgehead atoms. The van der Waals surface area contributed by atoms with Crippen LogP contribution in [-0.4, -0.2) is 62.9 Å². The number of carbonyl (C=O) groups is 1. The molecule has 4 rings (SSSR count). The molecule has 0 radical (unpaired) electrons. The van der Waals surface area contributed by atoms with Crippen LogP contribution in [0.2, 0.25) is 5.02 Å². The van der Waals surface area contributed by atoms with Crippen molar-refractivity contribution in [3.63, 3.8) is 0 Å². The van der Waals surface area contributed by atoms with E-state index in [2.05, 4.69) is 52.5 Å². The molecule has 198 valence electrons. The Balaban J connectivity index is 1.43. The first-order valence-electron chi connectivity index (χ1n) is 13.1. The molecule has 7 nitrogen and oxygen atoms in total. The number of H-pyrrole nitrogens is 1. The summed E-state index contributed by atoms with van der Waals surface area (Å²) < 4.78 is 0. The number of fused-ring (bicyclic) bond motifs is 1. The molecule has 1 saturated heterocycles. The van der Waals surface area contributed by atoms with Crippen LogP contribution in [-0.2, 0) is 19.5 Å². The number of urea groups is 1. The summed E-state index contributed by atoms with van der Waals surface area (Å²) in [5.41, 5.74) is 6.39. The topological polar surface area (TPSA) is 84.5 Å². The number of β-amino-alcohol motifs (C(OH)–C–C–N with tert-alkyl or cyclic N) is 1. The molecule has 2 amide bonds. The minimum Gasteiger partial charge on any atom is -0.392 e. The number of allylic oxidation sites excluding steroid dienone is 6. The predicted molar refractivity (Wildman–Crippen MR) is 149 cm³/mol. The Morgan fingerprint density at radius 2 is 2.11 bits per heavy atom. The molecule has 0 spiro atoms.